The van der Waals surface area contributed by atoms with E-state index in [1.54, 1.807) is 13.0 Å². The zero-order valence-corrected chi connectivity index (χ0v) is 17.0. The van der Waals surface area contributed by atoms with Crippen LogP contribution in [0.15, 0.2) is 42.5 Å². The Labute approximate surface area is 162 Å². The van der Waals surface area contributed by atoms with Crippen molar-refractivity contribution in [3.8, 4) is 11.1 Å². The normalized spacial score (nSPS) is 17.8. The molecule has 0 atom stereocenters. The molecule has 1 aliphatic heterocycles. The van der Waals surface area contributed by atoms with Crippen LogP contribution in [0.1, 0.15) is 50.5 Å². The molecule has 4 nitrogen and oxygen atoms in total. The largest absolute Gasteiger partial charge is 0.495 e. The molecule has 0 aliphatic carbocycles. The average Bonchev–Trinajstić information content (AvgIpc) is 2.82. The van der Waals surface area contributed by atoms with Crippen molar-refractivity contribution in [2.45, 2.75) is 52.7 Å². The molecule has 2 aromatic rings. The summed E-state index contributed by atoms with van der Waals surface area (Å²) in [4.78, 5) is 12.0. The lowest BCUT2D eigenvalue weighted by Gasteiger charge is -2.32. The second kappa shape index (κ2) is 7.14. The molecule has 1 heterocycles. The summed E-state index contributed by atoms with van der Waals surface area (Å²) in [5.41, 5.74) is 3.96. The van der Waals surface area contributed by atoms with Crippen LogP contribution in [0.5, 0.6) is 0 Å². The van der Waals surface area contributed by atoms with Crippen LogP contribution in [0.2, 0.25) is 0 Å². The zero-order chi connectivity index (χ0) is 19.8. The van der Waals surface area contributed by atoms with E-state index in [0.29, 0.717) is 12.2 Å². The number of hydrogen-bond acceptors (Lipinski definition) is 4. The summed E-state index contributed by atoms with van der Waals surface area (Å²) < 4.78 is 17.4. The van der Waals surface area contributed by atoms with E-state index in [2.05, 4.69) is 40.7 Å². The van der Waals surface area contributed by atoms with Gasteiger partial charge in [-0.05, 0) is 70.3 Å². The van der Waals surface area contributed by atoms with Crippen molar-refractivity contribution in [2.75, 3.05) is 6.61 Å². The molecular formula is C22H27BO4. The molecular weight excluding hydrogens is 339 g/mol. The molecule has 2 aromatic carbocycles. The van der Waals surface area contributed by atoms with Crippen molar-refractivity contribution in [3.05, 3.63) is 53.6 Å². The molecule has 0 radical (unpaired) electrons. The molecule has 3 rings (SSSR count). The van der Waals surface area contributed by atoms with Gasteiger partial charge in [-0.2, -0.15) is 0 Å². The van der Waals surface area contributed by atoms with E-state index in [9.17, 15) is 4.79 Å². The fourth-order valence-electron chi connectivity index (χ4n) is 3.13. The second-order valence-electron chi connectivity index (χ2n) is 7.96. The zero-order valence-electron chi connectivity index (χ0n) is 17.0. The van der Waals surface area contributed by atoms with Gasteiger partial charge in [-0.3, -0.25) is 0 Å². The Morgan fingerprint density at radius 2 is 1.63 bits per heavy atom. The Bertz CT molecular complexity index is 841. The standard InChI is InChI=1S/C22H27BO4/c1-7-25-20(24)18-10-8-9-16(14-18)17-11-12-19(15(2)13-17)23-26-21(3,4)22(5,6)27-23/h8-14H,7H2,1-6H3. The van der Waals surface area contributed by atoms with Gasteiger partial charge in [0.2, 0.25) is 0 Å². The highest BCUT2D eigenvalue weighted by atomic mass is 16.7. The minimum absolute atomic E-state index is 0.301. The van der Waals surface area contributed by atoms with Crippen molar-refractivity contribution in [1.29, 1.82) is 0 Å². The number of rotatable bonds is 4. The van der Waals surface area contributed by atoms with Gasteiger partial charge in [0.25, 0.3) is 0 Å². The lowest BCUT2D eigenvalue weighted by Crippen LogP contribution is -2.41. The lowest BCUT2D eigenvalue weighted by molar-refractivity contribution is 0.00578. The number of carbonyl (C=O) groups is 1. The second-order valence-corrected chi connectivity index (χ2v) is 7.96. The minimum atomic E-state index is -0.380. The summed E-state index contributed by atoms with van der Waals surface area (Å²) in [5.74, 6) is -0.301. The molecule has 1 fully saturated rings. The molecule has 142 valence electrons. The van der Waals surface area contributed by atoms with Crippen LogP contribution in [0.4, 0.5) is 0 Å². The maximum Gasteiger partial charge on any atom is 0.495 e. The van der Waals surface area contributed by atoms with Gasteiger partial charge in [0.05, 0.1) is 23.4 Å². The van der Waals surface area contributed by atoms with Crippen molar-refractivity contribution in [1.82, 2.24) is 0 Å². The topological polar surface area (TPSA) is 44.8 Å². The third-order valence-corrected chi connectivity index (χ3v) is 5.48. The van der Waals surface area contributed by atoms with Crippen LogP contribution in [-0.4, -0.2) is 30.9 Å². The average molecular weight is 366 g/mol. The summed E-state index contributed by atoms with van der Waals surface area (Å²) in [6.07, 6.45) is 0. The Morgan fingerprint density at radius 1 is 1.00 bits per heavy atom. The van der Waals surface area contributed by atoms with E-state index in [1.165, 1.54) is 0 Å². The SMILES string of the molecule is CCOC(=O)c1cccc(-c2ccc(B3OC(C)(C)C(C)(C)O3)c(C)c2)c1. The van der Waals surface area contributed by atoms with Crippen molar-refractivity contribution >= 4 is 18.6 Å². The predicted molar refractivity (Wildman–Crippen MR) is 108 cm³/mol. The summed E-state index contributed by atoms with van der Waals surface area (Å²) >= 11 is 0. The van der Waals surface area contributed by atoms with Gasteiger partial charge >= 0.3 is 13.1 Å². The molecule has 27 heavy (non-hydrogen) atoms. The quantitative estimate of drug-likeness (QED) is 0.603. The number of benzene rings is 2. The van der Waals surface area contributed by atoms with E-state index in [1.807, 2.05) is 30.3 Å². The fraction of sp³-hybridized carbons (Fsp3) is 0.409. The maximum absolute atomic E-state index is 12.0. The maximum atomic E-state index is 12.0. The first-order valence-electron chi connectivity index (χ1n) is 9.38. The molecule has 0 unspecified atom stereocenters. The molecule has 0 aromatic heterocycles. The summed E-state index contributed by atoms with van der Waals surface area (Å²) in [7, 11) is -0.380. The molecule has 1 aliphatic rings. The first-order valence-corrected chi connectivity index (χ1v) is 9.38. The van der Waals surface area contributed by atoms with Crippen molar-refractivity contribution in [3.63, 3.8) is 0 Å². The first-order chi connectivity index (χ1) is 12.6. The number of aryl methyl sites for hydroxylation is 1. The van der Waals surface area contributed by atoms with Crippen LogP contribution in [0.25, 0.3) is 11.1 Å². The molecule has 5 heteroatoms. The van der Waals surface area contributed by atoms with E-state index in [4.69, 9.17) is 14.0 Å². The molecule has 0 spiro atoms. The highest BCUT2D eigenvalue weighted by molar-refractivity contribution is 6.62. The smallest absolute Gasteiger partial charge is 0.462 e. The Kier molecular flexibility index (Phi) is 5.19. The van der Waals surface area contributed by atoms with Crippen LogP contribution in [0.3, 0.4) is 0 Å². The molecule has 0 amide bonds. The Balaban J connectivity index is 1.88. The highest BCUT2D eigenvalue weighted by Gasteiger charge is 2.52. The minimum Gasteiger partial charge on any atom is -0.462 e. The van der Waals surface area contributed by atoms with Gasteiger partial charge < -0.3 is 14.0 Å². The van der Waals surface area contributed by atoms with Gasteiger partial charge in [-0.15, -0.1) is 0 Å². The summed E-state index contributed by atoms with van der Waals surface area (Å²) in [6.45, 7) is 12.4. The van der Waals surface area contributed by atoms with Gasteiger partial charge in [0.15, 0.2) is 0 Å². The monoisotopic (exact) mass is 366 g/mol. The van der Waals surface area contributed by atoms with Gasteiger partial charge in [0, 0.05) is 0 Å². The predicted octanol–water partition coefficient (Wildman–Crippen LogP) is 4.14. The summed E-state index contributed by atoms with van der Waals surface area (Å²) in [6, 6.07) is 13.7. The van der Waals surface area contributed by atoms with Crippen LogP contribution >= 0.6 is 0 Å². The van der Waals surface area contributed by atoms with Gasteiger partial charge in [-0.25, -0.2) is 4.79 Å². The first kappa shape index (κ1) is 19.7. The third-order valence-electron chi connectivity index (χ3n) is 5.48. The number of hydrogen-bond donors (Lipinski definition) is 0. The molecule has 0 bridgehead atoms. The number of carbonyl (C=O) groups excluding carboxylic acids is 1. The van der Waals surface area contributed by atoms with Crippen LogP contribution in [-0.2, 0) is 14.0 Å². The number of ether oxygens (including phenoxy) is 1. The van der Waals surface area contributed by atoms with Crippen molar-refractivity contribution in [2.24, 2.45) is 0 Å². The third kappa shape index (κ3) is 3.80. The van der Waals surface area contributed by atoms with Crippen molar-refractivity contribution < 1.29 is 18.8 Å². The number of esters is 1. The van der Waals surface area contributed by atoms with E-state index < -0.39 is 0 Å². The highest BCUT2D eigenvalue weighted by Crippen LogP contribution is 2.37. The Morgan fingerprint density at radius 3 is 2.22 bits per heavy atom. The molecule has 0 N–H and O–H groups in total. The Hall–Kier alpha value is -2.11. The van der Waals surface area contributed by atoms with E-state index in [-0.39, 0.29) is 24.3 Å². The van der Waals surface area contributed by atoms with Gasteiger partial charge in [-0.1, -0.05) is 35.9 Å². The lowest BCUT2D eigenvalue weighted by atomic mass is 9.75. The van der Waals surface area contributed by atoms with E-state index >= 15 is 0 Å². The van der Waals surface area contributed by atoms with E-state index in [0.717, 1.165) is 22.2 Å². The summed E-state index contributed by atoms with van der Waals surface area (Å²) in [5, 5.41) is 0. The van der Waals surface area contributed by atoms with Crippen LogP contribution < -0.4 is 5.46 Å². The fourth-order valence-corrected chi connectivity index (χ4v) is 3.13. The van der Waals surface area contributed by atoms with Gasteiger partial charge in [0.1, 0.15) is 0 Å². The van der Waals surface area contributed by atoms with Crippen LogP contribution in [0, 0.1) is 6.92 Å². The molecule has 0 saturated carbocycles. The molecule has 1 saturated heterocycles.